The normalized spacial score (nSPS) is 13.1. The van der Waals surface area contributed by atoms with Crippen LogP contribution < -0.4 is 15.8 Å². The summed E-state index contributed by atoms with van der Waals surface area (Å²) in [6, 6.07) is 5.22. The summed E-state index contributed by atoms with van der Waals surface area (Å²) >= 11 is 3.43. The molecule has 2 atom stereocenters. The second-order valence-electron chi connectivity index (χ2n) is 4.52. The number of amides is 1. The summed E-state index contributed by atoms with van der Waals surface area (Å²) < 4.78 is 6.04. The van der Waals surface area contributed by atoms with Crippen molar-refractivity contribution in [3.05, 3.63) is 28.2 Å². The molecule has 0 aromatic heterocycles. The Labute approximate surface area is 135 Å². The molecule has 0 fully saturated rings. The summed E-state index contributed by atoms with van der Waals surface area (Å²) in [7, 11) is 1.62. The van der Waals surface area contributed by atoms with Gasteiger partial charge in [-0.25, -0.2) is 0 Å². The summed E-state index contributed by atoms with van der Waals surface area (Å²) in [6.07, 6.45) is 1.60. The molecule has 6 heteroatoms. The molecule has 1 aromatic carbocycles. The van der Waals surface area contributed by atoms with Crippen LogP contribution in [0.15, 0.2) is 22.7 Å². The molecule has 1 rings (SSSR count). The lowest BCUT2D eigenvalue weighted by Gasteiger charge is -2.18. The lowest BCUT2D eigenvalue weighted by Crippen LogP contribution is -2.41. The maximum atomic E-state index is 11.9. The predicted molar refractivity (Wildman–Crippen MR) is 87.4 cm³/mol. The highest BCUT2D eigenvalue weighted by Crippen LogP contribution is 2.27. The average Bonchev–Trinajstić information content (AvgIpc) is 2.38. The van der Waals surface area contributed by atoms with Crippen LogP contribution in [0.1, 0.15) is 38.3 Å². The van der Waals surface area contributed by atoms with E-state index in [0.717, 1.165) is 22.2 Å². The number of methoxy groups -OCH3 is 1. The van der Waals surface area contributed by atoms with Gasteiger partial charge in [0, 0.05) is 0 Å². The predicted octanol–water partition coefficient (Wildman–Crippen LogP) is 3.18. The fourth-order valence-electron chi connectivity index (χ4n) is 1.80. The minimum atomic E-state index is -0.436. The second-order valence-corrected chi connectivity index (χ2v) is 5.37. The number of carbonyl (C=O) groups is 1. The number of benzene rings is 1. The molecular weight excluding hydrogens is 344 g/mol. The Kier molecular flexibility index (Phi) is 8.85. The fraction of sp³-hybridized carbons (Fsp3) is 0.500. The first kappa shape index (κ1) is 19.2. The van der Waals surface area contributed by atoms with Gasteiger partial charge in [-0.2, -0.15) is 0 Å². The number of nitrogens with one attached hydrogen (secondary N) is 1. The van der Waals surface area contributed by atoms with Gasteiger partial charge in [0.25, 0.3) is 0 Å². The van der Waals surface area contributed by atoms with E-state index in [1.807, 2.05) is 32.0 Å². The summed E-state index contributed by atoms with van der Waals surface area (Å²) in [5, 5.41) is 2.92. The van der Waals surface area contributed by atoms with E-state index in [9.17, 15) is 4.79 Å². The molecule has 0 aliphatic carbocycles. The Balaban J connectivity index is 0.00000361. The van der Waals surface area contributed by atoms with Crippen LogP contribution in [-0.2, 0) is 4.79 Å². The van der Waals surface area contributed by atoms with E-state index in [4.69, 9.17) is 10.5 Å². The molecular formula is C14H22BrClN2O2. The van der Waals surface area contributed by atoms with Crippen LogP contribution in [0, 0.1) is 0 Å². The third kappa shape index (κ3) is 5.31. The number of nitrogens with two attached hydrogens (primary N) is 1. The topological polar surface area (TPSA) is 64.4 Å². The van der Waals surface area contributed by atoms with Gasteiger partial charge in [-0.15, -0.1) is 12.4 Å². The van der Waals surface area contributed by atoms with Crippen molar-refractivity contribution < 1.29 is 9.53 Å². The zero-order valence-electron chi connectivity index (χ0n) is 12.0. The van der Waals surface area contributed by atoms with Gasteiger partial charge in [-0.3, -0.25) is 4.79 Å². The molecule has 20 heavy (non-hydrogen) atoms. The highest BCUT2D eigenvalue weighted by Gasteiger charge is 2.16. The molecule has 0 aliphatic rings. The SMILES string of the molecule is CCCC(N)C(=O)NC(C)c1ccc(OC)c(Br)c1.Cl. The number of hydrogen-bond acceptors (Lipinski definition) is 3. The number of hydrogen-bond donors (Lipinski definition) is 2. The molecule has 4 nitrogen and oxygen atoms in total. The van der Waals surface area contributed by atoms with Crippen LogP contribution in [0.25, 0.3) is 0 Å². The minimum absolute atomic E-state index is 0. The van der Waals surface area contributed by atoms with Gasteiger partial charge in [0.15, 0.2) is 0 Å². The van der Waals surface area contributed by atoms with Crippen LogP contribution in [0.5, 0.6) is 5.75 Å². The highest BCUT2D eigenvalue weighted by molar-refractivity contribution is 9.10. The van der Waals surface area contributed by atoms with Crippen LogP contribution in [-0.4, -0.2) is 19.1 Å². The van der Waals surface area contributed by atoms with Crippen LogP contribution in [0.3, 0.4) is 0 Å². The summed E-state index contributed by atoms with van der Waals surface area (Å²) in [5.74, 6) is 0.659. The van der Waals surface area contributed by atoms with Crippen LogP contribution in [0.4, 0.5) is 0 Å². The average molecular weight is 366 g/mol. The fourth-order valence-corrected chi connectivity index (χ4v) is 2.36. The van der Waals surface area contributed by atoms with E-state index >= 15 is 0 Å². The third-order valence-corrected chi connectivity index (χ3v) is 3.59. The van der Waals surface area contributed by atoms with Crippen LogP contribution >= 0.6 is 28.3 Å². The van der Waals surface area contributed by atoms with E-state index < -0.39 is 6.04 Å². The standard InChI is InChI=1S/C14H21BrN2O2.ClH/c1-4-5-12(16)14(18)17-9(2)10-6-7-13(19-3)11(15)8-10;/h6-9,12H,4-5,16H2,1-3H3,(H,17,18);1H. The first-order chi connectivity index (χ1) is 8.99. The first-order valence-corrected chi connectivity index (χ1v) is 7.18. The minimum Gasteiger partial charge on any atom is -0.496 e. The van der Waals surface area contributed by atoms with Gasteiger partial charge >= 0.3 is 0 Å². The Bertz CT molecular complexity index is 443. The van der Waals surface area contributed by atoms with Crippen LogP contribution in [0.2, 0.25) is 0 Å². The molecule has 0 aliphatic heterocycles. The lowest BCUT2D eigenvalue weighted by molar-refractivity contribution is -0.123. The first-order valence-electron chi connectivity index (χ1n) is 6.39. The highest BCUT2D eigenvalue weighted by atomic mass is 79.9. The van der Waals surface area contributed by atoms with Gasteiger partial charge in [-0.05, 0) is 47.0 Å². The maximum Gasteiger partial charge on any atom is 0.237 e. The largest absolute Gasteiger partial charge is 0.496 e. The second kappa shape index (κ2) is 9.21. The Morgan fingerprint density at radius 3 is 2.65 bits per heavy atom. The number of halogens is 2. The van der Waals surface area contributed by atoms with Gasteiger partial charge in [0.1, 0.15) is 5.75 Å². The zero-order chi connectivity index (χ0) is 14.4. The van der Waals surface area contributed by atoms with Crippen molar-refractivity contribution in [1.82, 2.24) is 5.32 Å². The summed E-state index contributed by atoms with van der Waals surface area (Å²) in [5.41, 5.74) is 6.79. The third-order valence-electron chi connectivity index (χ3n) is 2.97. The maximum absolute atomic E-state index is 11.9. The molecule has 0 saturated heterocycles. The van der Waals surface area contributed by atoms with Gasteiger partial charge in [-0.1, -0.05) is 19.4 Å². The van der Waals surface area contributed by atoms with Crippen molar-refractivity contribution in [1.29, 1.82) is 0 Å². The van der Waals surface area contributed by atoms with Gasteiger partial charge in [0.2, 0.25) is 5.91 Å². The summed E-state index contributed by atoms with van der Waals surface area (Å²) in [6.45, 7) is 3.95. The number of carbonyl (C=O) groups excluding carboxylic acids is 1. The van der Waals surface area contributed by atoms with Gasteiger partial charge < -0.3 is 15.8 Å². The monoisotopic (exact) mass is 364 g/mol. The molecule has 0 heterocycles. The van der Waals surface area contributed by atoms with E-state index in [1.54, 1.807) is 7.11 Å². The van der Waals surface area contributed by atoms with Crippen molar-refractivity contribution in [3.63, 3.8) is 0 Å². The lowest BCUT2D eigenvalue weighted by atomic mass is 10.1. The Morgan fingerprint density at radius 1 is 1.50 bits per heavy atom. The number of rotatable bonds is 6. The van der Waals surface area contributed by atoms with Crippen molar-refractivity contribution in [2.75, 3.05) is 7.11 Å². The molecule has 0 bridgehead atoms. The van der Waals surface area contributed by atoms with E-state index in [-0.39, 0.29) is 24.4 Å². The molecule has 1 aromatic rings. The van der Waals surface area contributed by atoms with Crippen molar-refractivity contribution in [2.45, 2.75) is 38.8 Å². The number of ether oxygens (including phenoxy) is 1. The van der Waals surface area contributed by atoms with E-state index in [2.05, 4.69) is 21.2 Å². The molecule has 0 saturated carbocycles. The van der Waals surface area contributed by atoms with Gasteiger partial charge in [0.05, 0.1) is 23.7 Å². The van der Waals surface area contributed by atoms with Crippen molar-refractivity contribution >= 4 is 34.2 Å². The van der Waals surface area contributed by atoms with E-state index in [1.165, 1.54) is 0 Å². The zero-order valence-corrected chi connectivity index (χ0v) is 14.4. The molecule has 0 spiro atoms. The molecule has 114 valence electrons. The Morgan fingerprint density at radius 2 is 2.15 bits per heavy atom. The molecule has 2 unspecified atom stereocenters. The smallest absolute Gasteiger partial charge is 0.237 e. The van der Waals surface area contributed by atoms with Crippen molar-refractivity contribution in [2.24, 2.45) is 5.73 Å². The quantitative estimate of drug-likeness (QED) is 0.813. The molecule has 3 N–H and O–H groups in total. The van der Waals surface area contributed by atoms with E-state index in [0.29, 0.717) is 6.42 Å². The summed E-state index contributed by atoms with van der Waals surface area (Å²) in [4.78, 5) is 11.9. The molecule has 1 amide bonds. The van der Waals surface area contributed by atoms with Crippen molar-refractivity contribution in [3.8, 4) is 5.75 Å². The molecule has 0 radical (unpaired) electrons. The Hall–Kier alpha value is -0.780.